The Morgan fingerprint density at radius 3 is 2.49 bits per heavy atom. The highest BCUT2D eigenvalue weighted by Crippen LogP contribution is 2.68. The predicted molar refractivity (Wildman–Crippen MR) is 175 cm³/mol. The first-order valence-corrected chi connectivity index (χ1v) is 18.1. The van der Waals surface area contributed by atoms with Crippen molar-refractivity contribution in [2.24, 2.45) is 46.3 Å². The summed E-state index contributed by atoms with van der Waals surface area (Å²) in [6.07, 6.45) is 6.34. The molecule has 1 amide bonds. The lowest BCUT2D eigenvalue weighted by atomic mass is 9.45. The Morgan fingerprint density at radius 1 is 1.06 bits per heavy atom. The fourth-order valence-electron chi connectivity index (χ4n) is 10.7. The van der Waals surface area contributed by atoms with Crippen LogP contribution in [-0.4, -0.2) is 82.9 Å². The van der Waals surface area contributed by atoms with Crippen LogP contribution in [0.1, 0.15) is 106 Å². The highest BCUT2D eigenvalue weighted by atomic mass is 16.7. The standard InChI is InChI=1S/C37H59NO9/c1-20(19-45-23(4)41)8-7-9-21(2)26-10-11-27-31-28(13-15-37(26,27)6)36(5)14-12-25(42)16-24(36)17-29(31)46-35-32(38-22(3)40)34(44)33(43)30(18-39)47-35/h16,20-21,26-35,39,43-44H,7-15,17-19H2,1-6H3,(H,38,40)/t20-,21-,26-,27+,28+,29-,30-,31+,32-,33-,34-,35-,36+,37-/m1/s1. The van der Waals surface area contributed by atoms with Crippen molar-refractivity contribution in [3.8, 4) is 0 Å². The summed E-state index contributed by atoms with van der Waals surface area (Å²) in [5, 5.41) is 34.3. The molecule has 1 heterocycles. The third-order valence-electron chi connectivity index (χ3n) is 13.2. The molecule has 4 aliphatic carbocycles. The van der Waals surface area contributed by atoms with Gasteiger partial charge in [0.25, 0.3) is 0 Å². The zero-order valence-corrected chi connectivity index (χ0v) is 29.3. The van der Waals surface area contributed by atoms with Crippen molar-refractivity contribution >= 4 is 17.7 Å². The van der Waals surface area contributed by atoms with Gasteiger partial charge < -0.3 is 34.8 Å². The number of hydrogen-bond donors (Lipinski definition) is 4. The molecule has 10 heteroatoms. The summed E-state index contributed by atoms with van der Waals surface area (Å²) in [6, 6.07) is -1.01. The molecule has 1 saturated heterocycles. The summed E-state index contributed by atoms with van der Waals surface area (Å²) < 4.78 is 18.2. The van der Waals surface area contributed by atoms with Crippen molar-refractivity contribution in [3.63, 3.8) is 0 Å². The van der Waals surface area contributed by atoms with E-state index in [1.165, 1.54) is 13.8 Å². The maximum Gasteiger partial charge on any atom is 0.302 e. The molecular formula is C37H59NO9. The van der Waals surface area contributed by atoms with E-state index in [2.05, 4.69) is 33.0 Å². The SMILES string of the molecule is CC(=O)N[C@H]1[C@H](O[C@@H]2CC3=CC(=O)CC[C@]3(C)[C@H]3CC[C@]4(C)[C@@H]([C@H](C)CCC[C@@H](C)COC(C)=O)CC[C@H]4[C@H]23)O[C@H](CO)[C@@H](O)[C@@H]1O. The van der Waals surface area contributed by atoms with Crippen LogP contribution in [0.25, 0.3) is 0 Å². The van der Waals surface area contributed by atoms with Crippen LogP contribution in [0, 0.1) is 46.3 Å². The second-order valence-corrected chi connectivity index (χ2v) is 16.2. The number of hydrogen-bond acceptors (Lipinski definition) is 9. The first-order valence-electron chi connectivity index (χ1n) is 18.1. The van der Waals surface area contributed by atoms with E-state index >= 15 is 0 Å². The van der Waals surface area contributed by atoms with E-state index in [9.17, 15) is 29.7 Å². The third-order valence-corrected chi connectivity index (χ3v) is 13.2. The number of ketones is 1. The predicted octanol–water partition coefficient (Wildman–Crippen LogP) is 4.08. The van der Waals surface area contributed by atoms with Gasteiger partial charge in [0.05, 0.1) is 19.3 Å². The molecule has 1 aliphatic heterocycles. The maximum atomic E-state index is 12.7. The molecule has 3 saturated carbocycles. The molecule has 0 bridgehead atoms. The maximum absolute atomic E-state index is 12.7. The molecule has 0 aromatic heterocycles. The number of aliphatic hydroxyl groups is 3. The van der Waals surface area contributed by atoms with Gasteiger partial charge in [-0.1, -0.05) is 46.1 Å². The van der Waals surface area contributed by atoms with Gasteiger partial charge in [-0.3, -0.25) is 14.4 Å². The van der Waals surface area contributed by atoms with Gasteiger partial charge in [-0.15, -0.1) is 0 Å². The lowest BCUT2D eigenvalue weighted by molar-refractivity contribution is -0.296. The molecule has 0 radical (unpaired) electrons. The number of rotatable bonds is 11. The van der Waals surface area contributed by atoms with Crippen LogP contribution in [0.2, 0.25) is 0 Å². The van der Waals surface area contributed by atoms with Crippen LogP contribution in [0.3, 0.4) is 0 Å². The van der Waals surface area contributed by atoms with Crippen molar-refractivity contribution in [1.29, 1.82) is 0 Å². The second kappa shape index (κ2) is 14.6. The van der Waals surface area contributed by atoms with E-state index in [1.807, 2.05) is 6.08 Å². The summed E-state index contributed by atoms with van der Waals surface area (Å²) in [7, 11) is 0. The number of ether oxygens (including phenoxy) is 3. The first-order chi connectivity index (χ1) is 22.2. The van der Waals surface area contributed by atoms with E-state index < -0.39 is 37.3 Å². The summed E-state index contributed by atoms with van der Waals surface area (Å²) in [4.78, 5) is 36.1. The quantitative estimate of drug-likeness (QED) is 0.240. The van der Waals surface area contributed by atoms with Crippen molar-refractivity contribution < 1.29 is 43.9 Å². The van der Waals surface area contributed by atoms with Gasteiger partial charge in [0.2, 0.25) is 5.91 Å². The third kappa shape index (κ3) is 7.23. The normalized spacial score (nSPS) is 42.7. The molecule has 5 aliphatic rings. The van der Waals surface area contributed by atoms with Crippen LogP contribution >= 0.6 is 0 Å². The Labute approximate surface area is 280 Å². The molecule has 0 unspecified atom stereocenters. The molecule has 47 heavy (non-hydrogen) atoms. The van der Waals surface area contributed by atoms with Gasteiger partial charge in [-0.2, -0.15) is 0 Å². The van der Waals surface area contributed by atoms with Crippen LogP contribution in [0.4, 0.5) is 0 Å². The number of esters is 1. The Morgan fingerprint density at radius 2 is 1.81 bits per heavy atom. The van der Waals surface area contributed by atoms with E-state index in [0.717, 1.165) is 56.9 Å². The average Bonchev–Trinajstić information content (AvgIpc) is 3.37. The Balaban J connectivity index is 1.39. The minimum Gasteiger partial charge on any atom is -0.466 e. The molecule has 0 aromatic carbocycles. The van der Waals surface area contributed by atoms with Crippen LogP contribution in [-0.2, 0) is 28.6 Å². The van der Waals surface area contributed by atoms with Gasteiger partial charge >= 0.3 is 5.97 Å². The summed E-state index contributed by atoms with van der Waals surface area (Å²) in [6.45, 7) is 12.1. The van der Waals surface area contributed by atoms with Gasteiger partial charge in [-0.05, 0) is 97.4 Å². The van der Waals surface area contributed by atoms with Gasteiger partial charge in [0.1, 0.15) is 24.4 Å². The van der Waals surface area contributed by atoms with E-state index in [4.69, 9.17) is 14.2 Å². The minimum atomic E-state index is -1.38. The lowest BCUT2D eigenvalue weighted by Gasteiger charge is -2.61. The lowest BCUT2D eigenvalue weighted by Crippen LogP contribution is -2.66. The number of fused-ring (bicyclic) bond motifs is 5. The average molecular weight is 662 g/mol. The van der Waals surface area contributed by atoms with E-state index in [0.29, 0.717) is 49.0 Å². The number of amides is 1. The number of carbonyl (C=O) groups excluding carboxylic acids is 3. The van der Waals surface area contributed by atoms with E-state index in [-0.39, 0.29) is 40.5 Å². The molecular weight excluding hydrogens is 602 g/mol. The van der Waals surface area contributed by atoms with Crippen LogP contribution < -0.4 is 5.32 Å². The fraction of sp³-hybridized carbons (Fsp3) is 0.865. The number of carbonyl (C=O) groups is 3. The zero-order valence-electron chi connectivity index (χ0n) is 29.3. The molecule has 4 fully saturated rings. The first kappa shape index (κ1) is 36.4. The molecule has 266 valence electrons. The topological polar surface area (TPSA) is 152 Å². The molecule has 5 rings (SSSR count). The van der Waals surface area contributed by atoms with Crippen LogP contribution in [0.15, 0.2) is 11.6 Å². The molecule has 0 aromatic rings. The Bertz CT molecular complexity index is 1190. The van der Waals surface area contributed by atoms with Crippen molar-refractivity contribution in [1.82, 2.24) is 5.32 Å². The Hall–Kier alpha value is -1.85. The largest absolute Gasteiger partial charge is 0.466 e. The van der Waals surface area contributed by atoms with Crippen molar-refractivity contribution in [2.45, 2.75) is 142 Å². The van der Waals surface area contributed by atoms with E-state index in [1.54, 1.807) is 0 Å². The number of nitrogens with one attached hydrogen (secondary N) is 1. The van der Waals surface area contributed by atoms with Gasteiger partial charge in [0.15, 0.2) is 12.1 Å². The highest BCUT2D eigenvalue weighted by molar-refractivity contribution is 5.91. The van der Waals surface area contributed by atoms with Crippen molar-refractivity contribution in [2.75, 3.05) is 13.2 Å². The molecule has 0 spiro atoms. The molecule has 14 atom stereocenters. The summed E-state index contributed by atoms with van der Waals surface area (Å²) >= 11 is 0. The fourth-order valence-corrected chi connectivity index (χ4v) is 10.7. The Kier molecular flexibility index (Phi) is 11.3. The summed E-state index contributed by atoms with van der Waals surface area (Å²) in [5.41, 5.74) is 1.16. The monoisotopic (exact) mass is 661 g/mol. The van der Waals surface area contributed by atoms with Crippen LogP contribution in [0.5, 0.6) is 0 Å². The summed E-state index contributed by atoms with van der Waals surface area (Å²) in [5.74, 6) is 1.93. The number of aliphatic hydroxyl groups excluding tert-OH is 3. The molecule has 10 nitrogen and oxygen atoms in total. The smallest absolute Gasteiger partial charge is 0.302 e. The second-order valence-electron chi connectivity index (χ2n) is 16.2. The molecule has 4 N–H and O–H groups in total. The highest BCUT2D eigenvalue weighted by Gasteiger charge is 2.63. The van der Waals surface area contributed by atoms with Gasteiger partial charge in [-0.25, -0.2) is 0 Å². The zero-order chi connectivity index (χ0) is 34.3. The van der Waals surface area contributed by atoms with Crippen molar-refractivity contribution in [3.05, 3.63) is 11.6 Å². The minimum absolute atomic E-state index is 0.0879. The van der Waals surface area contributed by atoms with Gasteiger partial charge in [0, 0.05) is 20.3 Å².